The highest BCUT2D eigenvalue weighted by atomic mass is 32.2. The van der Waals surface area contributed by atoms with Crippen molar-refractivity contribution in [3.05, 3.63) is 24.3 Å². The van der Waals surface area contributed by atoms with E-state index in [4.69, 9.17) is 4.74 Å². The second-order valence-electron chi connectivity index (χ2n) is 6.11. The Balaban J connectivity index is 2.60. The first-order valence-corrected chi connectivity index (χ1v) is 8.24. The largest absolute Gasteiger partial charge is 0.438 e. The Hall–Kier alpha value is -1.56. The molecule has 2 rings (SSSR count). The Morgan fingerprint density at radius 2 is 1.85 bits per heavy atom. The van der Waals surface area contributed by atoms with Crippen molar-refractivity contribution in [1.82, 2.24) is 0 Å². The summed E-state index contributed by atoms with van der Waals surface area (Å²) in [4.78, 5) is 2.02. The average molecular weight is 296 g/mol. The van der Waals surface area contributed by atoms with Crippen LogP contribution in [0.2, 0.25) is 0 Å². The van der Waals surface area contributed by atoms with Gasteiger partial charge >= 0.3 is 0 Å². The average Bonchev–Trinajstić information content (AvgIpc) is 2.24. The zero-order valence-corrected chi connectivity index (χ0v) is 13.2. The number of hydrogen-bond donors (Lipinski definition) is 0. The molecule has 5 nitrogen and oxygen atoms in total. The van der Waals surface area contributed by atoms with E-state index >= 15 is 0 Å². The normalized spacial score (nSPS) is 21.6. The smallest absolute Gasteiger partial charge is 0.253 e. The summed E-state index contributed by atoms with van der Waals surface area (Å²) < 4.78 is 32.5. The third-order valence-corrected chi connectivity index (χ3v) is 3.67. The number of ether oxygens (including phenoxy) is 1. The van der Waals surface area contributed by atoms with Gasteiger partial charge in [0, 0.05) is 7.05 Å². The molecule has 0 fully saturated rings. The van der Waals surface area contributed by atoms with Crippen molar-refractivity contribution in [2.45, 2.75) is 26.8 Å². The zero-order chi connectivity index (χ0) is 15.1. The van der Waals surface area contributed by atoms with Gasteiger partial charge < -0.3 is 9.64 Å². The van der Waals surface area contributed by atoms with Crippen LogP contribution < -0.4 is 9.64 Å². The second kappa shape index (κ2) is 4.77. The molecular formula is C14H20N2O3S. The summed E-state index contributed by atoms with van der Waals surface area (Å²) in [5, 5.41) is 0. The quantitative estimate of drug-likeness (QED) is 0.798. The van der Waals surface area contributed by atoms with Crippen molar-refractivity contribution in [3.8, 4) is 5.75 Å². The van der Waals surface area contributed by atoms with Gasteiger partial charge in [-0.25, -0.2) is 8.42 Å². The van der Waals surface area contributed by atoms with Gasteiger partial charge in [-0.1, -0.05) is 32.9 Å². The molecule has 110 valence electrons. The van der Waals surface area contributed by atoms with Crippen LogP contribution in [0, 0.1) is 5.41 Å². The standard InChI is InChI=1S/C14H20N2O3S/c1-14(2,3)12-13(15-20(5,17)18)19-11-9-7-6-8-10(11)16(12)4/h6-9,12H,1-5H3/b15-13-. The molecule has 1 unspecified atom stereocenters. The van der Waals surface area contributed by atoms with Crippen LogP contribution in [0.15, 0.2) is 28.7 Å². The highest BCUT2D eigenvalue weighted by Crippen LogP contribution is 2.39. The number of likely N-dealkylation sites (N-methyl/N-ethyl adjacent to an activating group) is 1. The molecule has 0 saturated carbocycles. The van der Waals surface area contributed by atoms with E-state index in [0.29, 0.717) is 5.75 Å². The lowest BCUT2D eigenvalue weighted by Crippen LogP contribution is -2.52. The molecule has 20 heavy (non-hydrogen) atoms. The van der Waals surface area contributed by atoms with Crippen molar-refractivity contribution in [1.29, 1.82) is 0 Å². The van der Waals surface area contributed by atoms with E-state index in [1.54, 1.807) is 0 Å². The van der Waals surface area contributed by atoms with E-state index in [1.807, 2.05) is 57.0 Å². The van der Waals surface area contributed by atoms with Crippen LogP contribution in [0.5, 0.6) is 5.75 Å². The predicted molar refractivity (Wildman–Crippen MR) is 81.0 cm³/mol. The first kappa shape index (κ1) is 14.8. The lowest BCUT2D eigenvalue weighted by Gasteiger charge is -2.42. The third-order valence-electron chi connectivity index (χ3n) is 3.16. The fraction of sp³-hybridized carbons (Fsp3) is 0.500. The van der Waals surface area contributed by atoms with Crippen LogP contribution >= 0.6 is 0 Å². The summed E-state index contributed by atoms with van der Waals surface area (Å²) in [6.45, 7) is 6.09. The Morgan fingerprint density at radius 3 is 2.40 bits per heavy atom. The van der Waals surface area contributed by atoms with Crippen molar-refractivity contribution in [3.63, 3.8) is 0 Å². The number of benzene rings is 1. The Kier molecular flexibility index (Phi) is 3.54. The van der Waals surface area contributed by atoms with Crippen LogP contribution in [0.1, 0.15) is 20.8 Å². The number of rotatable bonds is 1. The maximum Gasteiger partial charge on any atom is 0.253 e. The van der Waals surface area contributed by atoms with E-state index in [-0.39, 0.29) is 17.4 Å². The van der Waals surface area contributed by atoms with E-state index in [9.17, 15) is 8.42 Å². The predicted octanol–water partition coefficient (Wildman–Crippen LogP) is 2.29. The fourth-order valence-electron chi connectivity index (χ4n) is 2.49. The first-order chi connectivity index (χ1) is 9.09. The summed E-state index contributed by atoms with van der Waals surface area (Å²) in [5.41, 5.74) is 0.714. The van der Waals surface area contributed by atoms with E-state index in [2.05, 4.69) is 4.40 Å². The molecule has 0 aliphatic carbocycles. The van der Waals surface area contributed by atoms with Crippen LogP contribution in [0.3, 0.4) is 0 Å². The Labute approximate surface area is 120 Å². The van der Waals surface area contributed by atoms with Gasteiger partial charge in [0.1, 0.15) is 6.04 Å². The lowest BCUT2D eigenvalue weighted by atomic mass is 9.84. The van der Waals surface area contributed by atoms with Crippen molar-refractivity contribution < 1.29 is 13.2 Å². The molecule has 1 aromatic carbocycles. The minimum Gasteiger partial charge on any atom is -0.438 e. The molecule has 1 aromatic rings. The number of hydrogen-bond acceptors (Lipinski definition) is 4. The first-order valence-electron chi connectivity index (χ1n) is 6.39. The van der Waals surface area contributed by atoms with Gasteiger partial charge in [-0.15, -0.1) is 4.40 Å². The highest BCUT2D eigenvalue weighted by Gasteiger charge is 2.39. The summed E-state index contributed by atoms with van der Waals surface area (Å²) in [5.74, 6) is 0.846. The van der Waals surface area contributed by atoms with Gasteiger partial charge in [0.25, 0.3) is 10.0 Å². The Morgan fingerprint density at radius 1 is 1.25 bits per heavy atom. The maximum atomic E-state index is 11.5. The Bertz CT molecular complexity index is 645. The maximum absolute atomic E-state index is 11.5. The number of fused-ring (bicyclic) bond motifs is 1. The van der Waals surface area contributed by atoms with E-state index in [0.717, 1.165) is 11.9 Å². The van der Waals surface area contributed by atoms with Gasteiger partial charge in [-0.2, -0.15) is 0 Å². The van der Waals surface area contributed by atoms with Gasteiger partial charge in [0.05, 0.1) is 11.9 Å². The summed E-state index contributed by atoms with van der Waals surface area (Å²) in [7, 11) is -1.58. The molecule has 1 aliphatic heterocycles. The minimum absolute atomic E-state index is 0.216. The lowest BCUT2D eigenvalue weighted by molar-refractivity contribution is 0.329. The third kappa shape index (κ3) is 2.95. The topological polar surface area (TPSA) is 59.0 Å². The van der Waals surface area contributed by atoms with Crippen molar-refractivity contribution >= 4 is 21.6 Å². The molecule has 1 heterocycles. The van der Waals surface area contributed by atoms with Crippen LogP contribution in [0.25, 0.3) is 0 Å². The number of sulfonamides is 1. The molecule has 1 aliphatic rings. The van der Waals surface area contributed by atoms with Gasteiger partial charge in [0.15, 0.2) is 5.75 Å². The highest BCUT2D eigenvalue weighted by molar-refractivity contribution is 7.89. The van der Waals surface area contributed by atoms with Gasteiger partial charge in [-0.3, -0.25) is 0 Å². The van der Waals surface area contributed by atoms with E-state index in [1.165, 1.54) is 0 Å². The summed E-state index contributed by atoms with van der Waals surface area (Å²) >= 11 is 0. The molecule has 0 N–H and O–H groups in total. The molecule has 0 saturated heterocycles. The van der Waals surface area contributed by atoms with Gasteiger partial charge in [0.2, 0.25) is 5.90 Å². The van der Waals surface area contributed by atoms with Crippen LogP contribution in [-0.2, 0) is 10.0 Å². The van der Waals surface area contributed by atoms with Crippen molar-refractivity contribution in [2.24, 2.45) is 9.81 Å². The second-order valence-corrected chi connectivity index (χ2v) is 7.76. The van der Waals surface area contributed by atoms with Gasteiger partial charge in [-0.05, 0) is 17.5 Å². The van der Waals surface area contributed by atoms with Crippen LogP contribution in [0.4, 0.5) is 5.69 Å². The molecule has 0 amide bonds. The molecule has 6 heteroatoms. The molecule has 0 radical (unpaired) electrons. The number of anilines is 1. The molecular weight excluding hydrogens is 276 g/mol. The summed E-state index contributed by atoms with van der Waals surface area (Å²) in [6.07, 6.45) is 1.07. The number of para-hydroxylation sites is 2. The molecule has 0 spiro atoms. The molecule has 0 bridgehead atoms. The van der Waals surface area contributed by atoms with Crippen LogP contribution in [-0.4, -0.2) is 33.7 Å². The van der Waals surface area contributed by atoms with Crippen molar-refractivity contribution in [2.75, 3.05) is 18.2 Å². The molecule has 1 atom stereocenters. The zero-order valence-electron chi connectivity index (χ0n) is 12.4. The minimum atomic E-state index is -3.51. The summed E-state index contributed by atoms with van der Waals surface area (Å²) in [6, 6.07) is 7.29. The monoisotopic (exact) mass is 296 g/mol. The SMILES string of the molecule is CN1c2ccccc2O/C(=N\S(C)(=O)=O)C1C(C)(C)C. The van der Waals surface area contributed by atoms with E-state index < -0.39 is 10.0 Å². The number of nitrogens with zero attached hydrogens (tertiary/aromatic N) is 2. The molecule has 0 aromatic heterocycles. The fourth-order valence-corrected chi connectivity index (χ4v) is 2.96.